The Morgan fingerprint density at radius 1 is 1.17 bits per heavy atom. The molecule has 12 heteroatoms. The summed E-state index contributed by atoms with van der Waals surface area (Å²) in [6, 6.07) is 10.3. The highest BCUT2D eigenvalue weighted by atomic mass is 35.5. The highest BCUT2D eigenvalue weighted by molar-refractivity contribution is 7.92. The SMILES string of the molecule is C=CC(=O)Nc1cc(Nc2ncc(Cl)c(Nc3ccccc3S(=O)(=O)C(C)C)n2)c(OC)cc1C1CCN(CC)CC1. The number of rotatable bonds is 11. The molecule has 1 saturated heterocycles. The van der Waals surface area contributed by atoms with Gasteiger partial charge in [-0.25, -0.2) is 13.4 Å². The van der Waals surface area contributed by atoms with Gasteiger partial charge in [0.1, 0.15) is 10.8 Å². The van der Waals surface area contributed by atoms with Crippen LogP contribution in [0.3, 0.4) is 0 Å². The van der Waals surface area contributed by atoms with Gasteiger partial charge in [-0.2, -0.15) is 4.98 Å². The molecule has 0 radical (unpaired) electrons. The molecule has 2 aromatic carbocycles. The van der Waals surface area contributed by atoms with Crippen LogP contribution in [0.5, 0.6) is 5.75 Å². The van der Waals surface area contributed by atoms with Gasteiger partial charge in [0.25, 0.3) is 0 Å². The van der Waals surface area contributed by atoms with Gasteiger partial charge in [-0.05, 0) is 88.1 Å². The third-order valence-corrected chi connectivity index (χ3v) is 9.83. The molecule has 0 spiro atoms. The van der Waals surface area contributed by atoms with Crippen LogP contribution in [0.1, 0.15) is 45.1 Å². The number of carbonyl (C=O) groups is 1. The maximum Gasteiger partial charge on any atom is 0.247 e. The Bertz CT molecular complexity index is 1560. The zero-order chi connectivity index (χ0) is 30.4. The van der Waals surface area contributed by atoms with Gasteiger partial charge in [-0.15, -0.1) is 0 Å². The second-order valence-electron chi connectivity index (χ2n) is 10.3. The minimum atomic E-state index is -3.57. The quantitative estimate of drug-likeness (QED) is 0.219. The number of nitrogens with zero attached hydrogens (tertiary/aromatic N) is 3. The largest absolute Gasteiger partial charge is 0.495 e. The van der Waals surface area contributed by atoms with Crippen molar-refractivity contribution >= 4 is 56.2 Å². The number of aromatic nitrogens is 2. The first-order chi connectivity index (χ1) is 20.1. The molecular formula is C30H37ClN6O4S. The van der Waals surface area contributed by atoms with Crippen LogP contribution in [0.4, 0.5) is 28.8 Å². The number of amides is 1. The van der Waals surface area contributed by atoms with Crippen molar-refractivity contribution in [1.29, 1.82) is 0 Å². The monoisotopic (exact) mass is 612 g/mol. The smallest absolute Gasteiger partial charge is 0.247 e. The number of likely N-dealkylation sites (tertiary alicyclic amines) is 1. The number of piperidine rings is 1. The number of nitrogens with one attached hydrogen (secondary N) is 3. The fraction of sp³-hybridized carbons (Fsp3) is 0.367. The molecule has 3 N–H and O–H groups in total. The summed E-state index contributed by atoms with van der Waals surface area (Å²) in [5.41, 5.74) is 2.52. The van der Waals surface area contributed by atoms with Gasteiger partial charge in [0.2, 0.25) is 11.9 Å². The summed E-state index contributed by atoms with van der Waals surface area (Å²) in [6.07, 6.45) is 4.58. The fourth-order valence-corrected chi connectivity index (χ4v) is 6.23. The predicted octanol–water partition coefficient (Wildman–Crippen LogP) is 6.13. The van der Waals surface area contributed by atoms with E-state index in [1.807, 2.05) is 6.07 Å². The van der Waals surface area contributed by atoms with Crippen LogP contribution in [0.2, 0.25) is 5.02 Å². The maximum atomic E-state index is 12.9. The second kappa shape index (κ2) is 13.5. The van der Waals surface area contributed by atoms with Crippen molar-refractivity contribution in [2.45, 2.75) is 49.7 Å². The van der Waals surface area contributed by atoms with Crippen LogP contribution in [0.15, 0.2) is 60.1 Å². The zero-order valence-corrected chi connectivity index (χ0v) is 25.8. The van der Waals surface area contributed by atoms with Gasteiger partial charge in [-0.1, -0.05) is 37.2 Å². The molecule has 1 fully saturated rings. The fourth-order valence-electron chi connectivity index (χ4n) is 4.89. The maximum absolute atomic E-state index is 12.9. The Kier molecular flexibility index (Phi) is 10.1. The third kappa shape index (κ3) is 7.03. The van der Waals surface area contributed by atoms with Gasteiger partial charge in [-0.3, -0.25) is 4.79 Å². The number of hydrogen-bond donors (Lipinski definition) is 3. The normalized spacial score (nSPS) is 14.4. The number of benzene rings is 2. The second-order valence-corrected chi connectivity index (χ2v) is 13.2. The molecular weight excluding hydrogens is 576 g/mol. The van der Waals surface area contributed by atoms with E-state index in [1.54, 1.807) is 51.3 Å². The molecule has 0 saturated carbocycles. The van der Waals surface area contributed by atoms with E-state index in [0.717, 1.165) is 38.0 Å². The van der Waals surface area contributed by atoms with Crippen LogP contribution in [0, 0.1) is 0 Å². The Balaban J connectivity index is 1.68. The van der Waals surface area contributed by atoms with Crippen molar-refractivity contribution in [3.8, 4) is 5.75 Å². The summed E-state index contributed by atoms with van der Waals surface area (Å²) >= 11 is 6.41. The Morgan fingerprint density at radius 3 is 2.52 bits per heavy atom. The highest BCUT2D eigenvalue weighted by Crippen LogP contribution is 2.40. The molecule has 10 nitrogen and oxygen atoms in total. The summed E-state index contributed by atoms with van der Waals surface area (Å²) in [5, 5.41) is 8.77. The van der Waals surface area contributed by atoms with Crippen molar-refractivity contribution in [2.24, 2.45) is 0 Å². The summed E-state index contributed by atoms with van der Waals surface area (Å²) in [6.45, 7) is 12.0. The van der Waals surface area contributed by atoms with Crippen LogP contribution in [-0.2, 0) is 14.6 Å². The Labute approximate surface area is 252 Å². The van der Waals surface area contributed by atoms with Gasteiger partial charge >= 0.3 is 0 Å². The Hall–Kier alpha value is -3.67. The average Bonchev–Trinajstić information content (AvgIpc) is 2.99. The minimum absolute atomic E-state index is 0.147. The van der Waals surface area contributed by atoms with Crippen LogP contribution in [0.25, 0.3) is 0 Å². The van der Waals surface area contributed by atoms with E-state index in [2.05, 4.69) is 44.3 Å². The molecule has 1 amide bonds. The van der Waals surface area contributed by atoms with Crippen molar-refractivity contribution in [3.05, 3.63) is 65.8 Å². The van der Waals surface area contributed by atoms with E-state index in [4.69, 9.17) is 16.3 Å². The first-order valence-electron chi connectivity index (χ1n) is 13.8. The molecule has 224 valence electrons. The molecule has 1 aliphatic heterocycles. The topological polar surface area (TPSA) is 126 Å². The van der Waals surface area contributed by atoms with Gasteiger partial charge in [0.15, 0.2) is 15.7 Å². The number of hydrogen-bond acceptors (Lipinski definition) is 9. The van der Waals surface area contributed by atoms with Crippen LogP contribution >= 0.6 is 11.6 Å². The van der Waals surface area contributed by atoms with Crippen molar-refractivity contribution in [2.75, 3.05) is 42.7 Å². The number of para-hydroxylation sites is 1. The first kappa shape index (κ1) is 31.3. The van der Waals surface area contributed by atoms with Crippen molar-refractivity contribution in [1.82, 2.24) is 14.9 Å². The van der Waals surface area contributed by atoms with Gasteiger partial charge < -0.3 is 25.6 Å². The van der Waals surface area contributed by atoms with Gasteiger partial charge in [0, 0.05) is 5.69 Å². The van der Waals surface area contributed by atoms with E-state index in [9.17, 15) is 13.2 Å². The molecule has 3 aromatic rings. The van der Waals surface area contributed by atoms with E-state index >= 15 is 0 Å². The lowest BCUT2D eigenvalue weighted by Crippen LogP contribution is -2.32. The van der Waals surface area contributed by atoms with Crippen LogP contribution in [-0.4, -0.2) is 61.2 Å². The summed E-state index contributed by atoms with van der Waals surface area (Å²) in [4.78, 5) is 23.7. The lowest BCUT2D eigenvalue weighted by atomic mass is 9.87. The zero-order valence-electron chi connectivity index (χ0n) is 24.3. The number of ether oxygens (including phenoxy) is 1. The summed E-state index contributed by atoms with van der Waals surface area (Å²) < 4.78 is 31.6. The number of halogens is 1. The Morgan fingerprint density at radius 2 is 1.88 bits per heavy atom. The molecule has 0 aliphatic carbocycles. The molecule has 42 heavy (non-hydrogen) atoms. The van der Waals surface area contributed by atoms with Crippen molar-refractivity contribution in [3.63, 3.8) is 0 Å². The summed E-state index contributed by atoms with van der Waals surface area (Å²) in [5.74, 6) is 0.901. The van der Waals surface area contributed by atoms with E-state index in [0.29, 0.717) is 22.8 Å². The van der Waals surface area contributed by atoms with E-state index < -0.39 is 15.1 Å². The van der Waals surface area contributed by atoms with E-state index in [-0.39, 0.29) is 33.5 Å². The first-order valence-corrected chi connectivity index (χ1v) is 15.8. The predicted molar refractivity (Wildman–Crippen MR) is 168 cm³/mol. The minimum Gasteiger partial charge on any atom is -0.495 e. The molecule has 0 unspecified atom stereocenters. The highest BCUT2D eigenvalue weighted by Gasteiger charge is 2.25. The molecule has 1 aliphatic rings. The number of sulfone groups is 1. The molecule has 0 bridgehead atoms. The van der Waals surface area contributed by atoms with Crippen molar-refractivity contribution < 1.29 is 17.9 Å². The lowest BCUT2D eigenvalue weighted by molar-refractivity contribution is -0.111. The molecule has 1 aromatic heterocycles. The van der Waals surface area contributed by atoms with E-state index in [1.165, 1.54) is 12.3 Å². The third-order valence-electron chi connectivity index (χ3n) is 7.35. The number of carbonyl (C=O) groups excluding carboxylic acids is 1. The summed E-state index contributed by atoms with van der Waals surface area (Å²) in [7, 11) is -1.99. The molecule has 0 atom stereocenters. The number of methoxy groups -OCH3 is 1. The van der Waals surface area contributed by atoms with Crippen LogP contribution < -0.4 is 20.7 Å². The lowest BCUT2D eigenvalue weighted by Gasteiger charge is -2.32. The molecule has 4 rings (SSSR count). The average molecular weight is 613 g/mol. The standard InChI is InChI=1S/C30H37ClN6O4S/c1-6-28(38)33-24-17-25(26(41-5)16-21(24)20-12-14-37(7-2)15-13-20)35-30-32-18-22(31)29(36-30)34-23-10-8-9-11-27(23)42(39,40)19(3)4/h6,8-11,16-20H,1,7,12-15H2,2-5H3,(H,33,38)(H2,32,34,35,36). The molecule has 2 heterocycles. The van der Waals surface area contributed by atoms with Gasteiger partial charge in [0.05, 0.1) is 34.8 Å². The number of anilines is 5.